The van der Waals surface area contributed by atoms with Crippen LogP contribution >= 0.6 is 11.6 Å². The lowest BCUT2D eigenvalue weighted by Crippen LogP contribution is -2.20. The first-order chi connectivity index (χ1) is 8.43. The number of rotatable bonds is 5. The number of nitrogens with zero attached hydrogens (tertiary/aromatic N) is 1. The van der Waals surface area contributed by atoms with Crippen LogP contribution in [-0.4, -0.2) is 17.4 Å². The van der Waals surface area contributed by atoms with Gasteiger partial charge in [0, 0.05) is 18.6 Å². The van der Waals surface area contributed by atoms with E-state index in [1.54, 1.807) is 0 Å². The number of hydrogen-bond acceptors (Lipinski definition) is 4. The molecule has 0 aromatic heterocycles. The second-order valence-corrected chi connectivity index (χ2v) is 4.42. The highest BCUT2D eigenvalue weighted by Crippen LogP contribution is 2.26. The smallest absolute Gasteiger partial charge is 0.271 e. The number of non-ortho nitro benzene ring substituents is 1. The van der Waals surface area contributed by atoms with Crippen LogP contribution in [-0.2, 0) is 4.79 Å². The van der Waals surface area contributed by atoms with Crippen molar-refractivity contribution >= 4 is 28.9 Å². The zero-order chi connectivity index (χ0) is 13.7. The van der Waals surface area contributed by atoms with Gasteiger partial charge in [0.05, 0.1) is 15.6 Å². The topological polar surface area (TPSA) is 98.3 Å². The Kier molecular flexibility index (Phi) is 5.06. The average Bonchev–Trinajstić information content (AvgIpc) is 2.31. The maximum absolute atomic E-state index is 11.6. The van der Waals surface area contributed by atoms with Gasteiger partial charge in [-0.15, -0.1) is 0 Å². The quantitative estimate of drug-likeness (QED) is 0.633. The number of carbonyl (C=O) groups is 1. The Morgan fingerprint density at radius 2 is 2.28 bits per heavy atom. The van der Waals surface area contributed by atoms with Crippen molar-refractivity contribution in [3.63, 3.8) is 0 Å². The van der Waals surface area contributed by atoms with Crippen LogP contribution in [0.4, 0.5) is 11.4 Å². The van der Waals surface area contributed by atoms with Crippen LogP contribution in [0.15, 0.2) is 18.2 Å². The number of nitro groups is 1. The van der Waals surface area contributed by atoms with E-state index in [-0.39, 0.29) is 29.0 Å². The summed E-state index contributed by atoms with van der Waals surface area (Å²) in [5, 5.41) is 13.2. The zero-order valence-electron chi connectivity index (χ0n) is 9.85. The van der Waals surface area contributed by atoms with Crippen molar-refractivity contribution in [3.05, 3.63) is 33.3 Å². The highest BCUT2D eigenvalue weighted by Gasteiger charge is 2.12. The molecule has 0 radical (unpaired) electrons. The van der Waals surface area contributed by atoms with Gasteiger partial charge in [-0.3, -0.25) is 14.9 Å². The molecule has 1 aromatic carbocycles. The number of benzene rings is 1. The van der Waals surface area contributed by atoms with E-state index in [9.17, 15) is 14.9 Å². The molecule has 0 aliphatic heterocycles. The monoisotopic (exact) mass is 271 g/mol. The fourth-order valence-corrected chi connectivity index (χ4v) is 1.54. The Labute approximate surface area is 109 Å². The van der Waals surface area contributed by atoms with Gasteiger partial charge in [-0.25, -0.2) is 0 Å². The van der Waals surface area contributed by atoms with Gasteiger partial charge in [-0.2, -0.15) is 0 Å². The Morgan fingerprint density at radius 3 is 2.78 bits per heavy atom. The number of nitrogens with two attached hydrogens (primary N) is 1. The normalized spacial score (nSPS) is 11.9. The minimum Gasteiger partial charge on any atom is -0.330 e. The van der Waals surface area contributed by atoms with Crippen LogP contribution < -0.4 is 11.1 Å². The van der Waals surface area contributed by atoms with E-state index in [1.165, 1.54) is 18.2 Å². The third-order valence-corrected chi connectivity index (χ3v) is 2.69. The number of anilines is 1. The van der Waals surface area contributed by atoms with E-state index in [0.29, 0.717) is 12.2 Å². The SMILES string of the molecule is CC(CN)CC(=O)Nc1ccc([N+](=O)[O-])cc1Cl. The molecule has 6 nitrogen and oxygen atoms in total. The molecular formula is C11H14ClN3O3. The third kappa shape index (κ3) is 3.97. The van der Waals surface area contributed by atoms with Gasteiger partial charge in [0.1, 0.15) is 0 Å². The molecule has 1 amide bonds. The van der Waals surface area contributed by atoms with Gasteiger partial charge in [-0.1, -0.05) is 18.5 Å². The van der Waals surface area contributed by atoms with E-state index in [4.69, 9.17) is 17.3 Å². The van der Waals surface area contributed by atoms with Gasteiger partial charge >= 0.3 is 0 Å². The summed E-state index contributed by atoms with van der Waals surface area (Å²) in [6, 6.07) is 3.89. The minimum absolute atomic E-state index is 0.0711. The van der Waals surface area contributed by atoms with Gasteiger partial charge in [-0.05, 0) is 18.5 Å². The lowest BCUT2D eigenvalue weighted by atomic mass is 10.1. The number of nitro benzene ring substituents is 1. The molecule has 0 aliphatic carbocycles. The average molecular weight is 272 g/mol. The second-order valence-electron chi connectivity index (χ2n) is 4.01. The molecule has 0 aliphatic rings. The third-order valence-electron chi connectivity index (χ3n) is 2.37. The Balaban J connectivity index is 2.74. The molecule has 7 heteroatoms. The standard InChI is InChI=1S/C11H14ClN3O3/c1-7(6-13)4-11(16)14-10-3-2-8(15(17)18)5-9(10)12/h2-3,5,7H,4,6,13H2,1H3,(H,14,16). The van der Waals surface area contributed by atoms with Crippen LogP contribution in [0.5, 0.6) is 0 Å². The molecule has 3 N–H and O–H groups in total. The van der Waals surface area contributed by atoms with Crippen LogP contribution in [0, 0.1) is 16.0 Å². The summed E-state index contributed by atoms with van der Waals surface area (Å²) in [6.07, 6.45) is 0.282. The van der Waals surface area contributed by atoms with Gasteiger partial charge < -0.3 is 11.1 Å². The molecule has 0 fully saturated rings. The predicted molar refractivity (Wildman–Crippen MR) is 69.6 cm³/mol. The summed E-state index contributed by atoms with van der Waals surface area (Å²) >= 11 is 5.84. The Bertz CT molecular complexity index is 465. The molecule has 0 saturated heterocycles. The highest BCUT2D eigenvalue weighted by atomic mass is 35.5. The zero-order valence-corrected chi connectivity index (χ0v) is 10.6. The second kappa shape index (κ2) is 6.32. The van der Waals surface area contributed by atoms with Gasteiger partial charge in [0.15, 0.2) is 0 Å². The van der Waals surface area contributed by atoms with Crippen molar-refractivity contribution in [2.75, 3.05) is 11.9 Å². The molecule has 0 saturated carbocycles. The minimum atomic E-state index is -0.548. The summed E-state index contributed by atoms with van der Waals surface area (Å²) in [4.78, 5) is 21.6. The van der Waals surface area contributed by atoms with Crippen LogP contribution in [0.1, 0.15) is 13.3 Å². The molecule has 98 valence electrons. The van der Waals surface area contributed by atoms with E-state index in [0.717, 1.165) is 0 Å². The van der Waals surface area contributed by atoms with E-state index >= 15 is 0 Å². The molecule has 1 rings (SSSR count). The largest absolute Gasteiger partial charge is 0.330 e. The first-order valence-corrected chi connectivity index (χ1v) is 5.75. The summed E-state index contributed by atoms with van der Waals surface area (Å²) in [6.45, 7) is 2.28. The fourth-order valence-electron chi connectivity index (χ4n) is 1.32. The Hall–Kier alpha value is -1.66. The molecule has 1 unspecified atom stereocenters. The van der Waals surface area contributed by atoms with Crippen molar-refractivity contribution in [2.45, 2.75) is 13.3 Å². The van der Waals surface area contributed by atoms with Crippen molar-refractivity contribution in [1.82, 2.24) is 0 Å². The van der Waals surface area contributed by atoms with Crippen molar-refractivity contribution in [2.24, 2.45) is 11.7 Å². The van der Waals surface area contributed by atoms with Gasteiger partial charge in [0.2, 0.25) is 5.91 Å². The predicted octanol–water partition coefficient (Wildman–Crippen LogP) is 2.17. The van der Waals surface area contributed by atoms with Gasteiger partial charge in [0.25, 0.3) is 5.69 Å². The molecule has 0 spiro atoms. The van der Waals surface area contributed by atoms with E-state index in [1.807, 2.05) is 6.92 Å². The summed E-state index contributed by atoms with van der Waals surface area (Å²) in [5.74, 6) is -0.148. The maximum Gasteiger partial charge on any atom is 0.271 e. The number of amides is 1. The number of hydrogen-bond donors (Lipinski definition) is 2. The van der Waals surface area contributed by atoms with E-state index in [2.05, 4.69) is 5.32 Å². The van der Waals surface area contributed by atoms with Crippen LogP contribution in [0.2, 0.25) is 5.02 Å². The van der Waals surface area contributed by atoms with Crippen molar-refractivity contribution in [1.29, 1.82) is 0 Å². The molecule has 1 atom stereocenters. The van der Waals surface area contributed by atoms with E-state index < -0.39 is 4.92 Å². The molecule has 0 bridgehead atoms. The van der Waals surface area contributed by atoms with Crippen molar-refractivity contribution in [3.8, 4) is 0 Å². The first kappa shape index (κ1) is 14.4. The van der Waals surface area contributed by atoms with Crippen LogP contribution in [0.25, 0.3) is 0 Å². The van der Waals surface area contributed by atoms with Crippen molar-refractivity contribution < 1.29 is 9.72 Å². The molecule has 0 heterocycles. The summed E-state index contributed by atoms with van der Waals surface area (Å²) < 4.78 is 0. The Morgan fingerprint density at radius 1 is 1.61 bits per heavy atom. The fraction of sp³-hybridized carbons (Fsp3) is 0.364. The molecular weight excluding hydrogens is 258 g/mol. The lowest BCUT2D eigenvalue weighted by Gasteiger charge is -2.10. The summed E-state index contributed by atoms with van der Waals surface area (Å²) in [7, 11) is 0. The number of nitrogens with one attached hydrogen (secondary N) is 1. The molecule has 1 aromatic rings. The number of carbonyl (C=O) groups excluding carboxylic acids is 1. The maximum atomic E-state index is 11.6. The number of halogens is 1. The summed E-state index contributed by atoms with van der Waals surface area (Å²) in [5.41, 5.74) is 5.66. The first-order valence-electron chi connectivity index (χ1n) is 5.38. The molecule has 18 heavy (non-hydrogen) atoms. The lowest BCUT2D eigenvalue weighted by molar-refractivity contribution is -0.384. The highest BCUT2D eigenvalue weighted by molar-refractivity contribution is 6.33. The van der Waals surface area contributed by atoms with Crippen LogP contribution in [0.3, 0.4) is 0 Å².